The van der Waals surface area contributed by atoms with E-state index in [2.05, 4.69) is 38.3 Å². The van der Waals surface area contributed by atoms with E-state index in [0.29, 0.717) is 23.0 Å². The summed E-state index contributed by atoms with van der Waals surface area (Å²) in [7, 11) is -5.63. The zero-order valence-corrected chi connectivity index (χ0v) is 23.2. The maximum Gasteiger partial charge on any atom is 0.285 e. The predicted molar refractivity (Wildman–Crippen MR) is 141 cm³/mol. The minimum atomic E-state index is -3.71. The van der Waals surface area contributed by atoms with Crippen LogP contribution < -0.4 is 0 Å². The van der Waals surface area contributed by atoms with Crippen LogP contribution in [0, 0.1) is 0 Å². The number of amidine groups is 1. The highest BCUT2D eigenvalue weighted by molar-refractivity contribution is 7.90. The smallest absolute Gasteiger partial charge is 0.285 e. The lowest BCUT2D eigenvalue weighted by molar-refractivity contribution is 0.276. The van der Waals surface area contributed by atoms with E-state index in [1.807, 2.05) is 31.2 Å². The number of sulfonamides is 1. The molecule has 0 N–H and O–H groups in total. The summed E-state index contributed by atoms with van der Waals surface area (Å²) >= 11 is 6.52. The second-order valence-electron chi connectivity index (χ2n) is 10.5. The summed E-state index contributed by atoms with van der Waals surface area (Å²) in [4.78, 5) is 0.232. The minimum Gasteiger partial charge on any atom is -0.413 e. The van der Waals surface area contributed by atoms with Crippen LogP contribution in [0.1, 0.15) is 57.2 Å². The van der Waals surface area contributed by atoms with Crippen LogP contribution in [0.5, 0.6) is 0 Å². The Labute approximate surface area is 208 Å². The van der Waals surface area contributed by atoms with Gasteiger partial charge < -0.3 is 4.43 Å². The number of fused-ring (bicyclic) bond motifs is 1. The summed E-state index contributed by atoms with van der Waals surface area (Å²) in [5.41, 5.74) is 3.37. The molecule has 2 aromatic carbocycles. The average Bonchev–Trinajstić information content (AvgIpc) is 3.04. The number of benzene rings is 2. The summed E-state index contributed by atoms with van der Waals surface area (Å²) in [6, 6.07) is 12.8. The van der Waals surface area contributed by atoms with Gasteiger partial charge in [0, 0.05) is 10.6 Å². The number of hydrazone groups is 1. The molecule has 6 nitrogen and oxygen atoms in total. The SMILES string of the molecule is CC1CCC(c2ccc(Cl)c(CO[Si](C)(C)C(C)(C)C)c2)=NN1C1=NS(=O)(=O)c2ccccc21. The second kappa shape index (κ2) is 8.89. The van der Waals surface area contributed by atoms with Crippen LogP contribution >= 0.6 is 11.6 Å². The summed E-state index contributed by atoms with van der Waals surface area (Å²) in [5.74, 6) is 0.385. The van der Waals surface area contributed by atoms with E-state index in [4.69, 9.17) is 21.1 Å². The Morgan fingerprint density at radius 1 is 1.18 bits per heavy atom. The van der Waals surface area contributed by atoms with E-state index in [1.165, 1.54) is 0 Å². The van der Waals surface area contributed by atoms with E-state index in [-0.39, 0.29) is 16.0 Å². The Kier molecular flexibility index (Phi) is 6.57. The minimum absolute atomic E-state index is 0.0255. The number of hydrogen-bond acceptors (Lipinski definition) is 5. The quantitative estimate of drug-likeness (QED) is 0.453. The first-order valence-electron chi connectivity index (χ1n) is 11.5. The van der Waals surface area contributed by atoms with Gasteiger partial charge in [-0.2, -0.15) is 13.5 Å². The van der Waals surface area contributed by atoms with Crippen molar-refractivity contribution in [3.63, 3.8) is 0 Å². The van der Waals surface area contributed by atoms with Gasteiger partial charge in [-0.1, -0.05) is 50.6 Å². The van der Waals surface area contributed by atoms with Crippen LogP contribution in [0.25, 0.3) is 0 Å². The molecule has 0 aromatic heterocycles. The lowest BCUT2D eigenvalue weighted by atomic mass is 9.99. The molecule has 34 heavy (non-hydrogen) atoms. The molecule has 0 spiro atoms. The Balaban J connectivity index is 1.66. The maximum absolute atomic E-state index is 12.6. The van der Waals surface area contributed by atoms with Gasteiger partial charge in [0.05, 0.1) is 18.4 Å². The largest absolute Gasteiger partial charge is 0.413 e. The van der Waals surface area contributed by atoms with Gasteiger partial charge in [0.25, 0.3) is 10.0 Å². The molecule has 0 amide bonds. The summed E-state index contributed by atoms with van der Waals surface area (Å²) < 4.78 is 35.6. The van der Waals surface area contributed by atoms with Crippen LogP contribution in [0.4, 0.5) is 0 Å². The van der Waals surface area contributed by atoms with E-state index < -0.39 is 18.3 Å². The number of halogens is 1. The lowest BCUT2D eigenvalue weighted by Crippen LogP contribution is -2.40. The fourth-order valence-corrected chi connectivity index (χ4v) is 6.12. The molecule has 2 heterocycles. The van der Waals surface area contributed by atoms with Crippen molar-refractivity contribution in [3.8, 4) is 0 Å². The Hall–Kier alpha value is -2.00. The van der Waals surface area contributed by atoms with Gasteiger partial charge in [0.1, 0.15) is 4.90 Å². The molecule has 9 heteroatoms. The molecule has 2 aromatic rings. The van der Waals surface area contributed by atoms with E-state index in [0.717, 1.165) is 29.7 Å². The Morgan fingerprint density at radius 3 is 2.59 bits per heavy atom. The van der Waals surface area contributed by atoms with Gasteiger partial charge in [-0.25, -0.2) is 5.01 Å². The van der Waals surface area contributed by atoms with Gasteiger partial charge in [-0.3, -0.25) is 0 Å². The highest BCUT2D eigenvalue weighted by atomic mass is 35.5. The summed E-state index contributed by atoms with van der Waals surface area (Å²) in [6.45, 7) is 13.6. The van der Waals surface area contributed by atoms with E-state index >= 15 is 0 Å². The van der Waals surface area contributed by atoms with Crippen molar-refractivity contribution in [1.29, 1.82) is 0 Å². The van der Waals surface area contributed by atoms with Gasteiger partial charge >= 0.3 is 0 Å². The average molecular weight is 518 g/mol. The van der Waals surface area contributed by atoms with Crippen LogP contribution in [0.2, 0.25) is 23.2 Å². The molecule has 0 saturated heterocycles. The summed E-state index contributed by atoms with van der Waals surface area (Å²) in [6.07, 6.45) is 1.61. The van der Waals surface area contributed by atoms with Crippen molar-refractivity contribution in [2.75, 3.05) is 0 Å². The molecule has 0 radical (unpaired) electrons. The molecule has 4 rings (SSSR count). The van der Waals surface area contributed by atoms with Crippen molar-refractivity contribution >= 4 is 41.5 Å². The lowest BCUT2D eigenvalue weighted by Gasteiger charge is -2.36. The number of hydrogen-bond donors (Lipinski definition) is 0. The maximum atomic E-state index is 12.6. The molecule has 0 bridgehead atoms. The molecule has 2 aliphatic rings. The topological polar surface area (TPSA) is 71.3 Å². The molecular formula is C25H32ClN3O3SSi. The zero-order chi connectivity index (χ0) is 24.9. The predicted octanol–water partition coefficient (Wildman–Crippen LogP) is 6.20. The second-order valence-corrected chi connectivity index (χ2v) is 17.3. The van der Waals surface area contributed by atoms with Gasteiger partial charge in [0.15, 0.2) is 14.2 Å². The third-order valence-electron chi connectivity index (χ3n) is 7.05. The fraction of sp³-hybridized carbons (Fsp3) is 0.440. The van der Waals surface area contributed by atoms with Crippen LogP contribution in [-0.4, -0.2) is 39.3 Å². The standard InChI is InChI=1S/C25H32ClN3O3SSi/c1-17-11-14-22(27-29(17)24-20-9-7-8-10-23(20)33(30,31)28-24)18-12-13-21(26)19(15-18)16-32-34(5,6)25(2,3)4/h7-10,12-13,15,17H,11,14,16H2,1-6H3. The fourth-order valence-electron chi connectivity index (χ4n) is 3.80. The zero-order valence-electron chi connectivity index (χ0n) is 20.6. The first kappa shape index (κ1) is 25.1. The van der Waals surface area contributed by atoms with Crippen molar-refractivity contribution in [3.05, 3.63) is 64.2 Å². The van der Waals surface area contributed by atoms with Crippen LogP contribution in [-0.2, 0) is 21.1 Å². The van der Waals surface area contributed by atoms with Gasteiger partial charge in [-0.15, -0.1) is 4.40 Å². The van der Waals surface area contributed by atoms with Crippen molar-refractivity contribution < 1.29 is 12.8 Å². The molecule has 0 saturated carbocycles. The van der Waals surface area contributed by atoms with Crippen molar-refractivity contribution in [2.45, 2.75) is 76.2 Å². The van der Waals surface area contributed by atoms with Gasteiger partial charge in [0.2, 0.25) is 0 Å². The molecule has 0 fully saturated rings. The number of rotatable bonds is 4. The third-order valence-corrected chi connectivity index (χ3v) is 13.2. The Morgan fingerprint density at radius 2 is 1.88 bits per heavy atom. The molecular weight excluding hydrogens is 486 g/mol. The van der Waals surface area contributed by atoms with Crippen LogP contribution in [0.3, 0.4) is 0 Å². The van der Waals surface area contributed by atoms with Crippen molar-refractivity contribution in [2.24, 2.45) is 9.50 Å². The summed E-state index contributed by atoms with van der Waals surface area (Å²) in [5, 5.41) is 7.41. The van der Waals surface area contributed by atoms with E-state index in [9.17, 15) is 8.42 Å². The molecule has 1 unspecified atom stereocenters. The van der Waals surface area contributed by atoms with Crippen LogP contribution in [0.15, 0.2) is 56.9 Å². The first-order valence-corrected chi connectivity index (χ1v) is 16.3. The molecule has 182 valence electrons. The Bertz CT molecular complexity index is 1280. The molecule has 0 aliphatic carbocycles. The highest BCUT2D eigenvalue weighted by Crippen LogP contribution is 2.38. The highest BCUT2D eigenvalue weighted by Gasteiger charge is 2.37. The molecule has 2 aliphatic heterocycles. The third kappa shape index (κ3) is 4.73. The van der Waals surface area contributed by atoms with Gasteiger partial charge in [-0.05, 0) is 73.3 Å². The van der Waals surface area contributed by atoms with E-state index in [1.54, 1.807) is 23.2 Å². The number of nitrogens with zero attached hydrogens (tertiary/aromatic N) is 3. The first-order chi connectivity index (χ1) is 15.8. The van der Waals surface area contributed by atoms with Crippen molar-refractivity contribution in [1.82, 2.24) is 5.01 Å². The normalized spacial score (nSPS) is 20.1. The monoisotopic (exact) mass is 517 g/mol. The molecule has 1 atom stereocenters.